The van der Waals surface area contributed by atoms with Crippen LogP contribution in [0.3, 0.4) is 0 Å². The average Bonchev–Trinajstić information content (AvgIpc) is 2.60. The molecule has 1 aliphatic heterocycles. The van der Waals surface area contributed by atoms with Crippen molar-refractivity contribution in [3.05, 3.63) is 65.0 Å². The minimum Gasteiger partial charge on any atom is -0.496 e. The van der Waals surface area contributed by atoms with Gasteiger partial charge >= 0.3 is 0 Å². The zero-order valence-corrected chi connectivity index (χ0v) is 15.0. The van der Waals surface area contributed by atoms with Crippen LogP contribution in [-0.2, 0) is 23.2 Å². The second kappa shape index (κ2) is 7.11. The Hall–Kier alpha value is -1.96. The lowest BCUT2D eigenvalue weighted by Crippen LogP contribution is -2.44. The Morgan fingerprint density at radius 1 is 1.20 bits per heavy atom. The number of nitrogens with one attached hydrogen (secondary N) is 1. The fourth-order valence-electron chi connectivity index (χ4n) is 3.08. The second-order valence-electron chi connectivity index (χ2n) is 6.08. The van der Waals surface area contributed by atoms with E-state index in [9.17, 15) is 12.8 Å². The monoisotopic (exact) mass is 364 g/mol. The van der Waals surface area contributed by atoms with Crippen molar-refractivity contribution in [1.29, 1.82) is 0 Å². The first-order valence-corrected chi connectivity index (χ1v) is 9.52. The summed E-state index contributed by atoms with van der Waals surface area (Å²) in [5, 5.41) is 0. The summed E-state index contributed by atoms with van der Waals surface area (Å²) in [4.78, 5) is 0. The lowest BCUT2D eigenvalue weighted by atomic mass is 10.0. The van der Waals surface area contributed by atoms with Gasteiger partial charge in [-0.3, -0.25) is 0 Å². The molecule has 1 N–H and O–H groups in total. The van der Waals surface area contributed by atoms with Crippen molar-refractivity contribution in [3.63, 3.8) is 0 Å². The van der Waals surface area contributed by atoms with Crippen LogP contribution in [0.25, 0.3) is 0 Å². The summed E-state index contributed by atoms with van der Waals surface area (Å²) in [6.07, 6.45) is 0.675. The highest BCUT2D eigenvalue weighted by Gasteiger charge is 2.28. The summed E-state index contributed by atoms with van der Waals surface area (Å²) >= 11 is 0. The van der Waals surface area contributed by atoms with Crippen molar-refractivity contribution in [1.82, 2.24) is 9.03 Å². The lowest BCUT2D eigenvalue weighted by Gasteiger charge is -2.29. The molecule has 0 fully saturated rings. The quantitative estimate of drug-likeness (QED) is 0.888. The molecule has 1 atom stereocenters. The third kappa shape index (κ3) is 3.84. The Kier molecular flexibility index (Phi) is 5.08. The van der Waals surface area contributed by atoms with Gasteiger partial charge in [0.1, 0.15) is 11.6 Å². The molecule has 0 spiro atoms. The Balaban J connectivity index is 1.79. The van der Waals surface area contributed by atoms with Gasteiger partial charge in [0.05, 0.1) is 7.11 Å². The highest BCUT2D eigenvalue weighted by molar-refractivity contribution is 7.87. The van der Waals surface area contributed by atoms with Gasteiger partial charge in [0, 0.05) is 24.7 Å². The largest absolute Gasteiger partial charge is 0.496 e. The lowest BCUT2D eigenvalue weighted by molar-refractivity contribution is 0.376. The molecular weight excluding hydrogens is 343 g/mol. The molecule has 0 amide bonds. The predicted molar refractivity (Wildman–Crippen MR) is 94.0 cm³/mol. The predicted octanol–water partition coefficient (Wildman–Crippen LogP) is 2.79. The van der Waals surface area contributed by atoms with Crippen molar-refractivity contribution in [2.75, 3.05) is 13.7 Å². The van der Waals surface area contributed by atoms with E-state index >= 15 is 0 Å². The highest BCUT2D eigenvalue weighted by Crippen LogP contribution is 2.27. The number of rotatable bonds is 5. The molecule has 0 aliphatic carbocycles. The van der Waals surface area contributed by atoms with Gasteiger partial charge in [-0.1, -0.05) is 24.3 Å². The smallest absolute Gasteiger partial charge is 0.280 e. The Morgan fingerprint density at radius 2 is 1.92 bits per heavy atom. The van der Waals surface area contributed by atoms with Gasteiger partial charge < -0.3 is 4.74 Å². The molecule has 0 saturated carbocycles. The Labute approximate surface area is 147 Å². The first-order chi connectivity index (χ1) is 11.9. The van der Waals surface area contributed by atoms with Gasteiger partial charge in [-0.2, -0.15) is 17.4 Å². The van der Waals surface area contributed by atoms with E-state index in [0.717, 1.165) is 5.56 Å². The standard InChI is InChI=1S/C18H21FN2O3S/c1-13(17-11-16(19)7-8-18(17)24-2)20-25(22,23)21-10-9-14-5-3-4-6-15(14)12-21/h3-8,11,13,20H,9-10,12H2,1-2H3. The van der Waals surface area contributed by atoms with E-state index < -0.39 is 22.1 Å². The number of nitrogens with zero attached hydrogens (tertiary/aromatic N) is 1. The molecule has 1 aliphatic rings. The van der Waals surface area contributed by atoms with Crippen LogP contribution < -0.4 is 9.46 Å². The van der Waals surface area contributed by atoms with Crippen LogP contribution in [-0.4, -0.2) is 26.4 Å². The van der Waals surface area contributed by atoms with Gasteiger partial charge in [-0.25, -0.2) is 4.39 Å². The summed E-state index contributed by atoms with van der Waals surface area (Å²) in [6.45, 7) is 2.42. The molecule has 134 valence electrons. The summed E-state index contributed by atoms with van der Waals surface area (Å²) in [7, 11) is -2.23. The van der Waals surface area contributed by atoms with Crippen molar-refractivity contribution < 1.29 is 17.5 Å². The number of hydrogen-bond donors (Lipinski definition) is 1. The maximum absolute atomic E-state index is 13.6. The first-order valence-electron chi connectivity index (χ1n) is 8.08. The van der Waals surface area contributed by atoms with Crippen molar-refractivity contribution >= 4 is 10.2 Å². The van der Waals surface area contributed by atoms with Gasteiger partial charge in [0.25, 0.3) is 10.2 Å². The minimum atomic E-state index is -3.71. The highest BCUT2D eigenvalue weighted by atomic mass is 32.2. The zero-order chi connectivity index (χ0) is 18.0. The molecule has 0 radical (unpaired) electrons. The van der Waals surface area contributed by atoms with E-state index in [2.05, 4.69) is 4.72 Å². The summed E-state index contributed by atoms with van der Waals surface area (Å²) in [5.74, 6) is 0.00865. The van der Waals surface area contributed by atoms with Gasteiger partial charge in [0.2, 0.25) is 0 Å². The van der Waals surface area contributed by atoms with Gasteiger partial charge in [-0.05, 0) is 42.7 Å². The molecule has 3 rings (SSSR count). The number of methoxy groups -OCH3 is 1. The number of halogens is 1. The third-order valence-corrected chi connectivity index (χ3v) is 6.06. The summed E-state index contributed by atoms with van der Waals surface area (Å²) in [5.41, 5.74) is 2.65. The van der Waals surface area contributed by atoms with E-state index in [0.29, 0.717) is 30.8 Å². The molecule has 2 aromatic carbocycles. The van der Waals surface area contributed by atoms with Crippen molar-refractivity contribution in [2.45, 2.75) is 25.9 Å². The van der Waals surface area contributed by atoms with Crippen molar-refractivity contribution in [2.24, 2.45) is 0 Å². The number of ether oxygens (including phenoxy) is 1. The summed E-state index contributed by atoms with van der Waals surface area (Å²) in [6, 6.07) is 11.3. The normalized spacial score (nSPS) is 16.3. The van der Waals surface area contributed by atoms with E-state index in [1.54, 1.807) is 6.92 Å². The number of fused-ring (bicyclic) bond motifs is 1. The molecule has 1 unspecified atom stereocenters. The van der Waals surface area contributed by atoms with Crippen LogP contribution in [0.5, 0.6) is 5.75 Å². The molecule has 0 aromatic heterocycles. The summed E-state index contributed by atoms with van der Waals surface area (Å²) < 4.78 is 48.3. The van der Waals surface area contributed by atoms with Crippen molar-refractivity contribution in [3.8, 4) is 5.75 Å². The molecular formula is C18H21FN2O3S. The zero-order valence-electron chi connectivity index (χ0n) is 14.2. The average molecular weight is 364 g/mol. The second-order valence-corrected chi connectivity index (χ2v) is 7.79. The van der Waals surface area contributed by atoms with Crippen LogP contribution in [0, 0.1) is 5.82 Å². The first kappa shape index (κ1) is 17.8. The Bertz CT molecular complexity index is 870. The van der Waals surface area contributed by atoms with E-state index in [1.807, 2.05) is 24.3 Å². The maximum Gasteiger partial charge on any atom is 0.280 e. The molecule has 7 heteroatoms. The van der Waals surface area contributed by atoms with E-state index in [-0.39, 0.29) is 0 Å². The molecule has 5 nitrogen and oxygen atoms in total. The number of hydrogen-bond acceptors (Lipinski definition) is 3. The molecule has 0 saturated heterocycles. The molecule has 2 aromatic rings. The minimum absolute atomic E-state index is 0.332. The third-order valence-electron chi connectivity index (χ3n) is 4.42. The van der Waals surface area contributed by atoms with Crippen LogP contribution in [0.4, 0.5) is 4.39 Å². The SMILES string of the molecule is COc1ccc(F)cc1C(C)NS(=O)(=O)N1CCc2ccccc2C1. The molecule has 0 bridgehead atoms. The van der Waals surface area contributed by atoms with E-state index in [1.165, 1.54) is 35.2 Å². The van der Waals surface area contributed by atoms with Gasteiger partial charge in [-0.15, -0.1) is 0 Å². The van der Waals surface area contributed by atoms with Crippen LogP contribution in [0.1, 0.15) is 29.7 Å². The molecule has 1 heterocycles. The van der Waals surface area contributed by atoms with E-state index in [4.69, 9.17) is 4.74 Å². The van der Waals surface area contributed by atoms with Crippen LogP contribution >= 0.6 is 0 Å². The fourth-order valence-corrected chi connectivity index (χ4v) is 4.44. The molecule has 25 heavy (non-hydrogen) atoms. The maximum atomic E-state index is 13.6. The Morgan fingerprint density at radius 3 is 2.64 bits per heavy atom. The topological polar surface area (TPSA) is 58.6 Å². The fraction of sp³-hybridized carbons (Fsp3) is 0.333. The van der Waals surface area contributed by atoms with Crippen LogP contribution in [0.15, 0.2) is 42.5 Å². The van der Waals surface area contributed by atoms with Crippen LogP contribution in [0.2, 0.25) is 0 Å². The van der Waals surface area contributed by atoms with Gasteiger partial charge in [0.15, 0.2) is 0 Å². The number of benzene rings is 2.